The molecule has 128 valence electrons. The molecule has 0 aromatic carbocycles. The minimum Gasteiger partial charge on any atom is -0.337 e. The molecule has 1 aromatic rings. The molecule has 2 heterocycles. The lowest BCUT2D eigenvalue weighted by molar-refractivity contribution is 0.204. The van der Waals surface area contributed by atoms with Crippen LogP contribution in [0.5, 0.6) is 0 Å². The SMILES string of the molecule is CSC(C)CNC(=O)N1CCC(CN(C)Cc2cccnc2)C1. The second-order valence-electron chi connectivity index (χ2n) is 6.39. The van der Waals surface area contributed by atoms with E-state index in [2.05, 4.69) is 41.5 Å². The Morgan fingerprint density at radius 1 is 1.61 bits per heavy atom. The monoisotopic (exact) mass is 336 g/mol. The number of likely N-dealkylation sites (tertiary alicyclic amines) is 1. The van der Waals surface area contributed by atoms with E-state index >= 15 is 0 Å². The Bertz CT molecular complexity index is 485. The van der Waals surface area contributed by atoms with Crippen LogP contribution in [0.25, 0.3) is 0 Å². The summed E-state index contributed by atoms with van der Waals surface area (Å²) in [5.41, 5.74) is 1.23. The molecular formula is C17H28N4OS. The number of hydrogen-bond donors (Lipinski definition) is 1. The molecule has 1 aromatic heterocycles. The summed E-state index contributed by atoms with van der Waals surface area (Å²) in [7, 11) is 2.13. The zero-order valence-corrected chi connectivity index (χ0v) is 15.2. The molecule has 6 heteroatoms. The molecule has 1 N–H and O–H groups in total. The molecule has 0 spiro atoms. The van der Waals surface area contributed by atoms with Crippen molar-refractivity contribution in [3.63, 3.8) is 0 Å². The van der Waals surface area contributed by atoms with Crippen molar-refractivity contribution in [2.75, 3.05) is 39.5 Å². The van der Waals surface area contributed by atoms with Gasteiger partial charge < -0.3 is 15.1 Å². The number of nitrogens with one attached hydrogen (secondary N) is 1. The maximum absolute atomic E-state index is 12.2. The highest BCUT2D eigenvalue weighted by Crippen LogP contribution is 2.18. The van der Waals surface area contributed by atoms with Crippen LogP contribution in [0.4, 0.5) is 4.79 Å². The topological polar surface area (TPSA) is 48.5 Å². The van der Waals surface area contributed by atoms with Crippen LogP contribution in [0.15, 0.2) is 24.5 Å². The first-order chi connectivity index (χ1) is 11.1. The van der Waals surface area contributed by atoms with Crippen LogP contribution in [0, 0.1) is 5.92 Å². The predicted molar refractivity (Wildman–Crippen MR) is 96.6 cm³/mol. The van der Waals surface area contributed by atoms with E-state index < -0.39 is 0 Å². The number of amides is 2. The molecular weight excluding hydrogens is 308 g/mol. The normalized spacial score (nSPS) is 19.1. The van der Waals surface area contributed by atoms with Gasteiger partial charge in [-0.05, 0) is 37.3 Å². The van der Waals surface area contributed by atoms with Gasteiger partial charge in [0.05, 0.1) is 0 Å². The molecule has 2 atom stereocenters. The summed E-state index contributed by atoms with van der Waals surface area (Å²) in [5.74, 6) is 0.556. The standard InChI is InChI=1S/C17H28N4OS/c1-14(23-3)9-19-17(22)21-8-6-16(13-21)12-20(2)11-15-5-4-7-18-10-15/h4-5,7,10,14,16H,6,8-9,11-13H2,1-3H3,(H,19,22). The van der Waals surface area contributed by atoms with Gasteiger partial charge in [-0.2, -0.15) is 11.8 Å². The summed E-state index contributed by atoms with van der Waals surface area (Å²) in [6, 6.07) is 4.16. The van der Waals surface area contributed by atoms with Gasteiger partial charge in [0.15, 0.2) is 0 Å². The number of nitrogens with zero attached hydrogens (tertiary/aromatic N) is 3. The van der Waals surface area contributed by atoms with E-state index in [1.54, 1.807) is 18.0 Å². The summed E-state index contributed by atoms with van der Waals surface area (Å²) < 4.78 is 0. The van der Waals surface area contributed by atoms with E-state index in [1.807, 2.05) is 17.2 Å². The predicted octanol–water partition coefficient (Wildman–Crippen LogP) is 2.30. The summed E-state index contributed by atoms with van der Waals surface area (Å²) in [6.07, 6.45) is 6.87. The lowest BCUT2D eigenvalue weighted by atomic mass is 10.1. The number of carbonyl (C=O) groups excluding carboxylic acids is 1. The van der Waals surface area contributed by atoms with Crippen molar-refractivity contribution in [1.82, 2.24) is 20.1 Å². The molecule has 0 radical (unpaired) electrons. The fourth-order valence-electron chi connectivity index (χ4n) is 2.90. The minimum absolute atomic E-state index is 0.0864. The zero-order chi connectivity index (χ0) is 16.7. The van der Waals surface area contributed by atoms with Gasteiger partial charge in [-0.25, -0.2) is 4.79 Å². The largest absolute Gasteiger partial charge is 0.337 e. The number of aromatic nitrogens is 1. The van der Waals surface area contributed by atoms with Crippen LogP contribution in [-0.2, 0) is 6.54 Å². The van der Waals surface area contributed by atoms with Crippen LogP contribution in [0.1, 0.15) is 18.9 Å². The number of pyridine rings is 1. The number of urea groups is 1. The Balaban J connectivity index is 1.71. The maximum atomic E-state index is 12.2. The van der Waals surface area contributed by atoms with Gasteiger partial charge in [-0.1, -0.05) is 13.0 Å². The zero-order valence-electron chi connectivity index (χ0n) is 14.4. The molecule has 0 bridgehead atoms. The number of hydrogen-bond acceptors (Lipinski definition) is 4. The molecule has 1 aliphatic heterocycles. The van der Waals surface area contributed by atoms with Gasteiger partial charge in [0.25, 0.3) is 0 Å². The van der Waals surface area contributed by atoms with Crippen LogP contribution >= 0.6 is 11.8 Å². The first-order valence-electron chi connectivity index (χ1n) is 8.21. The van der Waals surface area contributed by atoms with Gasteiger partial charge in [-0.3, -0.25) is 4.98 Å². The highest BCUT2D eigenvalue weighted by atomic mass is 32.2. The molecule has 23 heavy (non-hydrogen) atoms. The summed E-state index contributed by atoms with van der Waals surface area (Å²) in [6.45, 7) is 6.51. The van der Waals surface area contributed by atoms with Crippen molar-refractivity contribution in [1.29, 1.82) is 0 Å². The molecule has 5 nitrogen and oxygen atoms in total. The second-order valence-corrected chi connectivity index (χ2v) is 7.67. The molecule has 1 saturated heterocycles. The number of carbonyl (C=O) groups is 1. The maximum Gasteiger partial charge on any atom is 0.317 e. The molecule has 2 rings (SSSR count). The first kappa shape index (κ1) is 18.1. The van der Waals surface area contributed by atoms with Crippen molar-refractivity contribution in [3.8, 4) is 0 Å². The van der Waals surface area contributed by atoms with Gasteiger partial charge in [0, 0.05) is 50.4 Å². The summed E-state index contributed by atoms with van der Waals surface area (Å²) >= 11 is 1.77. The fourth-order valence-corrected chi connectivity index (χ4v) is 3.15. The molecule has 2 amide bonds. The Morgan fingerprint density at radius 2 is 2.43 bits per heavy atom. The third kappa shape index (κ3) is 6.03. The minimum atomic E-state index is 0.0864. The smallest absolute Gasteiger partial charge is 0.317 e. The van der Waals surface area contributed by atoms with E-state index in [0.717, 1.165) is 39.1 Å². The van der Waals surface area contributed by atoms with Crippen molar-refractivity contribution >= 4 is 17.8 Å². The van der Waals surface area contributed by atoms with E-state index in [4.69, 9.17) is 0 Å². The van der Waals surface area contributed by atoms with Crippen LogP contribution in [0.2, 0.25) is 0 Å². The van der Waals surface area contributed by atoms with Crippen molar-refractivity contribution in [2.24, 2.45) is 5.92 Å². The lowest BCUT2D eigenvalue weighted by Gasteiger charge is -2.22. The average Bonchev–Trinajstić information content (AvgIpc) is 3.01. The summed E-state index contributed by atoms with van der Waals surface area (Å²) in [4.78, 5) is 20.6. The van der Waals surface area contributed by atoms with E-state index in [0.29, 0.717) is 11.2 Å². The Hall–Kier alpha value is -1.27. The fraction of sp³-hybridized carbons (Fsp3) is 0.647. The van der Waals surface area contributed by atoms with E-state index in [-0.39, 0.29) is 6.03 Å². The number of thioether (sulfide) groups is 1. The van der Waals surface area contributed by atoms with Crippen LogP contribution in [0.3, 0.4) is 0 Å². The molecule has 0 saturated carbocycles. The Labute approximate surface area is 143 Å². The Morgan fingerprint density at radius 3 is 3.13 bits per heavy atom. The molecule has 2 unspecified atom stereocenters. The molecule has 0 aliphatic carbocycles. The lowest BCUT2D eigenvalue weighted by Crippen LogP contribution is -2.41. The second kappa shape index (κ2) is 9.13. The molecule has 1 aliphatic rings. The first-order valence-corrected chi connectivity index (χ1v) is 9.50. The van der Waals surface area contributed by atoms with Gasteiger partial charge in [0.1, 0.15) is 0 Å². The van der Waals surface area contributed by atoms with Crippen LogP contribution < -0.4 is 5.32 Å². The molecule has 1 fully saturated rings. The van der Waals surface area contributed by atoms with Gasteiger partial charge in [0.2, 0.25) is 0 Å². The third-order valence-corrected chi connectivity index (χ3v) is 5.23. The van der Waals surface area contributed by atoms with Crippen molar-refractivity contribution in [3.05, 3.63) is 30.1 Å². The van der Waals surface area contributed by atoms with Gasteiger partial charge >= 0.3 is 6.03 Å². The third-order valence-electron chi connectivity index (χ3n) is 4.26. The number of rotatable bonds is 7. The summed E-state index contributed by atoms with van der Waals surface area (Å²) in [5, 5.41) is 3.49. The quantitative estimate of drug-likeness (QED) is 0.830. The van der Waals surface area contributed by atoms with E-state index in [9.17, 15) is 4.79 Å². The highest BCUT2D eigenvalue weighted by molar-refractivity contribution is 7.99. The van der Waals surface area contributed by atoms with Crippen molar-refractivity contribution < 1.29 is 4.79 Å². The Kier molecular flexibility index (Phi) is 7.17. The highest BCUT2D eigenvalue weighted by Gasteiger charge is 2.27. The average molecular weight is 337 g/mol. The van der Waals surface area contributed by atoms with Crippen molar-refractivity contribution in [2.45, 2.75) is 25.1 Å². The van der Waals surface area contributed by atoms with Gasteiger partial charge in [-0.15, -0.1) is 0 Å². The van der Waals surface area contributed by atoms with E-state index in [1.165, 1.54) is 5.56 Å². The van der Waals surface area contributed by atoms with Crippen LogP contribution in [-0.4, -0.2) is 65.5 Å².